The highest BCUT2D eigenvalue weighted by molar-refractivity contribution is 14.1. The van der Waals surface area contributed by atoms with Crippen molar-refractivity contribution < 1.29 is 10.2 Å². The van der Waals surface area contributed by atoms with E-state index in [0.29, 0.717) is 29.4 Å². The maximum atomic E-state index is 11.5. The van der Waals surface area contributed by atoms with Crippen molar-refractivity contribution in [2.24, 2.45) is 23.2 Å². The molecule has 3 aliphatic rings. The molecule has 2 N–H and O–H groups in total. The Morgan fingerprint density at radius 2 is 2.12 bits per heavy atom. The molecule has 25 heavy (non-hydrogen) atoms. The molecule has 3 heteroatoms. The molecule has 0 spiro atoms. The third-order valence-corrected chi connectivity index (χ3v) is 8.27. The lowest BCUT2D eigenvalue weighted by atomic mass is 9.49. The van der Waals surface area contributed by atoms with E-state index in [2.05, 4.69) is 48.6 Å². The summed E-state index contributed by atoms with van der Waals surface area (Å²) in [6, 6.07) is 6.03. The lowest BCUT2D eigenvalue weighted by Crippen LogP contribution is -2.52. The van der Waals surface area contributed by atoms with Gasteiger partial charge in [0.25, 0.3) is 0 Å². The standard InChI is InChI=1S/C22H29IO2/c1-3-14-13-21(2)19(8-9-22(21,25)10-11-23)18-6-4-15-12-16(24)5-7-17(15)20(14)18/h5,7,10-12,14,18-20,24-25H,3-4,6,8-9,13H2,1-2H3/b11-10+/t14-,18+,19+,20-,21+,22-/m1/s1. The number of fused-ring (bicyclic) bond motifs is 5. The first-order valence-electron chi connectivity index (χ1n) is 9.75. The first kappa shape index (κ1) is 17.8. The van der Waals surface area contributed by atoms with Gasteiger partial charge in [0.2, 0.25) is 0 Å². The minimum atomic E-state index is -0.646. The predicted molar refractivity (Wildman–Crippen MR) is 110 cm³/mol. The number of hydrogen-bond donors (Lipinski definition) is 2. The van der Waals surface area contributed by atoms with Crippen LogP contribution in [0.4, 0.5) is 0 Å². The van der Waals surface area contributed by atoms with Crippen molar-refractivity contribution in [3.05, 3.63) is 39.5 Å². The summed E-state index contributed by atoms with van der Waals surface area (Å²) in [6.07, 6.45) is 8.63. The van der Waals surface area contributed by atoms with Gasteiger partial charge in [0.1, 0.15) is 5.75 Å². The molecule has 1 aromatic carbocycles. The lowest BCUT2D eigenvalue weighted by Gasteiger charge is -2.56. The molecule has 0 aliphatic heterocycles. The Hall–Kier alpha value is -0.550. The topological polar surface area (TPSA) is 40.5 Å². The molecule has 2 fully saturated rings. The van der Waals surface area contributed by atoms with Crippen molar-refractivity contribution in [3.8, 4) is 5.75 Å². The van der Waals surface area contributed by atoms with Gasteiger partial charge < -0.3 is 10.2 Å². The van der Waals surface area contributed by atoms with Gasteiger partial charge in [-0.3, -0.25) is 0 Å². The molecule has 136 valence electrons. The van der Waals surface area contributed by atoms with E-state index in [0.717, 1.165) is 32.1 Å². The van der Waals surface area contributed by atoms with Gasteiger partial charge in [0.15, 0.2) is 0 Å². The summed E-state index contributed by atoms with van der Waals surface area (Å²) < 4.78 is 2.01. The second-order valence-corrected chi connectivity index (χ2v) is 9.48. The van der Waals surface area contributed by atoms with E-state index in [1.165, 1.54) is 17.5 Å². The quantitative estimate of drug-likeness (QED) is 0.577. The van der Waals surface area contributed by atoms with Crippen LogP contribution in [0.2, 0.25) is 0 Å². The number of phenolic OH excluding ortho intramolecular Hbond substituents is 1. The summed E-state index contributed by atoms with van der Waals surface area (Å²) in [5.74, 6) is 2.87. The number of hydrogen-bond acceptors (Lipinski definition) is 2. The van der Waals surface area contributed by atoms with Crippen LogP contribution in [-0.4, -0.2) is 15.8 Å². The number of aryl methyl sites for hydroxylation is 1. The molecule has 0 unspecified atom stereocenters. The van der Waals surface area contributed by atoms with Crippen molar-refractivity contribution in [1.29, 1.82) is 0 Å². The second kappa shape index (κ2) is 6.26. The summed E-state index contributed by atoms with van der Waals surface area (Å²) in [6.45, 7) is 4.66. The Morgan fingerprint density at radius 3 is 2.84 bits per heavy atom. The van der Waals surface area contributed by atoms with Crippen LogP contribution >= 0.6 is 22.6 Å². The van der Waals surface area contributed by atoms with Gasteiger partial charge in [-0.25, -0.2) is 0 Å². The van der Waals surface area contributed by atoms with Crippen LogP contribution in [-0.2, 0) is 6.42 Å². The summed E-state index contributed by atoms with van der Waals surface area (Å²) in [5.41, 5.74) is 2.17. The molecule has 0 amide bonds. The summed E-state index contributed by atoms with van der Waals surface area (Å²) >= 11 is 2.25. The van der Waals surface area contributed by atoms with Crippen LogP contribution in [0.1, 0.15) is 63.0 Å². The summed E-state index contributed by atoms with van der Waals surface area (Å²) in [5, 5.41) is 21.3. The molecule has 6 atom stereocenters. The molecule has 2 nitrogen and oxygen atoms in total. The Balaban J connectivity index is 1.78. The van der Waals surface area contributed by atoms with Gasteiger partial charge >= 0.3 is 0 Å². The maximum Gasteiger partial charge on any atom is 0.115 e. The van der Waals surface area contributed by atoms with Gasteiger partial charge in [0, 0.05) is 5.41 Å². The zero-order valence-corrected chi connectivity index (χ0v) is 17.4. The third-order valence-electron chi connectivity index (χ3n) is 7.91. The van der Waals surface area contributed by atoms with Crippen molar-refractivity contribution >= 4 is 22.6 Å². The van der Waals surface area contributed by atoms with Crippen LogP contribution in [0, 0.1) is 23.2 Å². The van der Waals surface area contributed by atoms with Crippen LogP contribution < -0.4 is 0 Å². The second-order valence-electron chi connectivity index (χ2n) is 8.76. The minimum absolute atomic E-state index is 0.00899. The van der Waals surface area contributed by atoms with Crippen LogP contribution in [0.15, 0.2) is 28.4 Å². The van der Waals surface area contributed by atoms with Crippen LogP contribution in [0.5, 0.6) is 5.75 Å². The number of rotatable bonds is 2. The molecule has 0 aromatic heterocycles. The van der Waals surface area contributed by atoms with E-state index >= 15 is 0 Å². The molecular weight excluding hydrogens is 423 g/mol. The first-order chi connectivity index (χ1) is 11.9. The van der Waals surface area contributed by atoms with E-state index in [-0.39, 0.29) is 5.41 Å². The first-order valence-corrected chi connectivity index (χ1v) is 11.0. The summed E-state index contributed by atoms with van der Waals surface area (Å²) in [7, 11) is 0. The number of halogens is 1. The van der Waals surface area contributed by atoms with E-state index in [1.807, 2.05) is 16.2 Å². The number of benzene rings is 1. The Labute approximate surface area is 164 Å². The van der Waals surface area contributed by atoms with Gasteiger partial charge in [0.05, 0.1) is 5.60 Å². The average molecular weight is 452 g/mol. The average Bonchev–Trinajstić information content (AvgIpc) is 2.85. The van der Waals surface area contributed by atoms with Crippen molar-refractivity contribution in [3.63, 3.8) is 0 Å². The highest BCUT2D eigenvalue weighted by Crippen LogP contribution is 2.66. The normalized spacial score (nSPS) is 42.9. The summed E-state index contributed by atoms with van der Waals surface area (Å²) in [4.78, 5) is 0. The molecular formula is C22H29IO2. The number of aromatic hydroxyl groups is 1. The van der Waals surface area contributed by atoms with E-state index in [1.54, 1.807) is 0 Å². The molecule has 0 bridgehead atoms. The third kappa shape index (κ3) is 2.52. The Morgan fingerprint density at radius 1 is 1.32 bits per heavy atom. The van der Waals surface area contributed by atoms with E-state index in [4.69, 9.17) is 0 Å². The fourth-order valence-electron chi connectivity index (χ4n) is 6.68. The minimum Gasteiger partial charge on any atom is -0.508 e. The van der Waals surface area contributed by atoms with E-state index < -0.39 is 5.60 Å². The Bertz CT molecular complexity index is 699. The van der Waals surface area contributed by atoms with Gasteiger partial charge in [-0.05, 0) is 89.2 Å². The molecule has 0 heterocycles. The van der Waals surface area contributed by atoms with Gasteiger partial charge in [-0.1, -0.05) is 48.9 Å². The molecule has 4 rings (SSSR count). The highest BCUT2D eigenvalue weighted by atomic mass is 127. The number of phenols is 1. The van der Waals surface area contributed by atoms with E-state index in [9.17, 15) is 10.2 Å². The zero-order chi connectivity index (χ0) is 17.8. The fourth-order valence-corrected chi connectivity index (χ4v) is 7.28. The van der Waals surface area contributed by atoms with Crippen LogP contribution in [0.3, 0.4) is 0 Å². The maximum absolute atomic E-state index is 11.5. The fraction of sp³-hybridized carbons (Fsp3) is 0.636. The van der Waals surface area contributed by atoms with Crippen molar-refractivity contribution in [1.82, 2.24) is 0 Å². The van der Waals surface area contributed by atoms with Gasteiger partial charge in [-0.15, -0.1) is 0 Å². The lowest BCUT2D eigenvalue weighted by molar-refractivity contribution is -0.0898. The molecule has 1 aromatic rings. The molecule has 0 saturated heterocycles. The van der Waals surface area contributed by atoms with Crippen molar-refractivity contribution in [2.45, 2.75) is 63.9 Å². The van der Waals surface area contributed by atoms with Crippen LogP contribution in [0.25, 0.3) is 0 Å². The zero-order valence-electron chi connectivity index (χ0n) is 15.2. The SMILES string of the molecule is CC[C@@H]1C[C@@]2(C)[C@@H](CC[C@@]2(O)/C=C/I)[C@@H]2CCc3cc(O)ccc3[C@@H]12. The van der Waals surface area contributed by atoms with Crippen molar-refractivity contribution in [2.75, 3.05) is 0 Å². The highest BCUT2D eigenvalue weighted by Gasteiger charge is 2.62. The monoisotopic (exact) mass is 452 g/mol. The molecule has 3 aliphatic carbocycles. The molecule has 0 radical (unpaired) electrons. The molecule has 2 saturated carbocycles. The number of aliphatic hydroxyl groups is 1. The predicted octanol–water partition coefficient (Wildman–Crippen LogP) is 5.56. The smallest absolute Gasteiger partial charge is 0.115 e. The Kier molecular flexibility index (Phi) is 4.47. The van der Waals surface area contributed by atoms with Gasteiger partial charge in [-0.2, -0.15) is 0 Å². The largest absolute Gasteiger partial charge is 0.508 e.